The molecule has 2 atom stereocenters. The highest BCUT2D eigenvalue weighted by Crippen LogP contribution is 2.22. The first kappa shape index (κ1) is 31.8. The van der Waals surface area contributed by atoms with E-state index in [2.05, 4.69) is 31.5 Å². The van der Waals surface area contributed by atoms with E-state index in [1.807, 2.05) is 43.0 Å². The SMILES string of the molecule is CCC(=O)N1CCN(c2ccc(S(=O)(=O)NC)cc2)C[C@H]1C.CNS(=O)(=O)c1ccc(N2CCN[C@H](C)C2)cc1. The summed E-state index contributed by atoms with van der Waals surface area (Å²) >= 11 is 0. The Morgan fingerprint density at radius 1 is 0.800 bits per heavy atom. The number of nitrogens with zero attached hydrogens (tertiary/aromatic N) is 3. The predicted molar refractivity (Wildman–Crippen MR) is 159 cm³/mol. The van der Waals surface area contributed by atoms with Crippen LogP contribution in [0.5, 0.6) is 0 Å². The quantitative estimate of drug-likeness (QED) is 0.439. The van der Waals surface area contributed by atoms with Crippen molar-refractivity contribution in [3.63, 3.8) is 0 Å². The Morgan fingerprint density at radius 3 is 1.68 bits per heavy atom. The predicted octanol–water partition coefficient (Wildman–Crippen LogP) is 1.43. The molecule has 2 aliphatic rings. The lowest BCUT2D eigenvalue weighted by molar-refractivity contribution is -0.133. The van der Waals surface area contributed by atoms with Crippen LogP contribution in [0, 0.1) is 0 Å². The van der Waals surface area contributed by atoms with Crippen LogP contribution >= 0.6 is 0 Å². The Hall–Kier alpha value is -2.71. The highest BCUT2D eigenvalue weighted by Gasteiger charge is 2.26. The van der Waals surface area contributed by atoms with Gasteiger partial charge in [-0.2, -0.15) is 0 Å². The zero-order chi connectivity index (χ0) is 29.5. The molecule has 0 radical (unpaired) electrons. The van der Waals surface area contributed by atoms with Crippen molar-refractivity contribution in [1.82, 2.24) is 19.7 Å². The third-order valence-electron chi connectivity index (χ3n) is 7.18. The molecule has 0 bridgehead atoms. The number of hydrogen-bond donors (Lipinski definition) is 3. The molecule has 2 heterocycles. The summed E-state index contributed by atoms with van der Waals surface area (Å²) < 4.78 is 51.3. The Labute approximate surface area is 239 Å². The maximum absolute atomic E-state index is 11.8. The van der Waals surface area contributed by atoms with Crippen LogP contribution < -0.4 is 24.6 Å². The first-order valence-corrected chi connectivity index (χ1v) is 16.5. The van der Waals surface area contributed by atoms with Gasteiger partial charge in [-0.3, -0.25) is 4.79 Å². The maximum Gasteiger partial charge on any atom is 0.240 e. The molecular weight excluding hydrogens is 552 g/mol. The minimum Gasteiger partial charge on any atom is -0.369 e. The maximum atomic E-state index is 11.8. The summed E-state index contributed by atoms with van der Waals surface area (Å²) in [6.45, 7) is 11.1. The van der Waals surface area contributed by atoms with Gasteiger partial charge in [0.1, 0.15) is 0 Å². The van der Waals surface area contributed by atoms with Gasteiger partial charge in [-0.05, 0) is 76.5 Å². The third-order valence-corrected chi connectivity index (χ3v) is 10.0. The van der Waals surface area contributed by atoms with E-state index in [0.717, 1.165) is 44.1 Å². The molecule has 0 saturated carbocycles. The summed E-state index contributed by atoms with van der Waals surface area (Å²) in [5.41, 5.74) is 2.05. The summed E-state index contributed by atoms with van der Waals surface area (Å²) in [5.74, 6) is 0.183. The van der Waals surface area contributed by atoms with Crippen molar-refractivity contribution in [3.05, 3.63) is 48.5 Å². The van der Waals surface area contributed by atoms with Crippen molar-refractivity contribution in [2.75, 3.05) is 63.2 Å². The van der Waals surface area contributed by atoms with E-state index >= 15 is 0 Å². The number of hydrogen-bond acceptors (Lipinski definition) is 8. The normalized spacial score (nSPS) is 20.1. The molecule has 11 nitrogen and oxygen atoms in total. The van der Waals surface area contributed by atoms with Gasteiger partial charge in [0.05, 0.1) is 9.79 Å². The molecule has 13 heteroatoms. The lowest BCUT2D eigenvalue weighted by Crippen LogP contribution is -2.54. The van der Waals surface area contributed by atoms with Gasteiger partial charge >= 0.3 is 0 Å². The van der Waals surface area contributed by atoms with Gasteiger partial charge in [0.2, 0.25) is 26.0 Å². The zero-order valence-corrected chi connectivity index (χ0v) is 25.6. The van der Waals surface area contributed by atoms with Crippen molar-refractivity contribution in [2.24, 2.45) is 0 Å². The second-order valence-corrected chi connectivity index (χ2v) is 13.7. The van der Waals surface area contributed by atoms with E-state index in [-0.39, 0.29) is 16.8 Å². The Morgan fingerprint density at radius 2 is 1.27 bits per heavy atom. The number of piperazine rings is 2. The van der Waals surface area contributed by atoms with Crippen LogP contribution in [0.25, 0.3) is 0 Å². The average molecular weight is 595 g/mol. The highest BCUT2D eigenvalue weighted by molar-refractivity contribution is 7.89. The molecule has 2 fully saturated rings. The summed E-state index contributed by atoms with van der Waals surface area (Å²) in [5, 5.41) is 3.38. The number of anilines is 2. The van der Waals surface area contributed by atoms with Crippen molar-refractivity contribution < 1.29 is 21.6 Å². The van der Waals surface area contributed by atoms with Crippen LogP contribution in [-0.2, 0) is 24.8 Å². The van der Waals surface area contributed by atoms with E-state index in [1.165, 1.54) is 14.1 Å². The number of rotatable bonds is 7. The minimum atomic E-state index is -3.40. The molecule has 2 aromatic carbocycles. The average Bonchev–Trinajstić information content (AvgIpc) is 2.97. The van der Waals surface area contributed by atoms with E-state index in [1.54, 1.807) is 24.3 Å². The van der Waals surface area contributed by atoms with Crippen molar-refractivity contribution in [1.29, 1.82) is 0 Å². The molecule has 40 heavy (non-hydrogen) atoms. The molecule has 0 aliphatic carbocycles. The van der Waals surface area contributed by atoms with Crippen molar-refractivity contribution in [2.45, 2.75) is 49.1 Å². The number of amides is 1. The number of sulfonamides is 2. The van der Waals surface area contributed by atoms with E-state index in [4.69, 9.17) is 0 Å². The van der Waals surface area contributed by atoms with Crippen LogP contribution in [0.3, 0.4) is 0 Å². The zero-order valence-electron chi connectivity index (χ0n) is 23.9. The number of nitrogens with one attached hydrogen (secondary N) is 3. The molecule has 2 saturated heterocycles. The van der Waals surface area contributed by atoms with Crippen molar-refractivity contribution in [3.8, 4) is 0 Å². The molecule has 0 aromatic heterocycles. The second kappa shape index (κ2) is 13.8. The molecular formula is C27H42N6O5S2. The number of benzene rings is 2. The molecule has 4 rings (SSSR count). The summed E-state index contributed by atoms with van der Waals surface area (Å²) in [6, 6.07) is 14.5. The van der Waals surface area contributed by atoms with E-state index in [0.29, 0.717) is 23.9 Å². The monoisotopic (exact) mass is 594 g/mol. The Balaban J connectivity index is 0.000000225. The first-order chi connectivity index (χ1) is 18.9. The highest BCUT2D eigenvalue weighted by atomic mass is 32.2. The lowest BCUT2D eigenvalue weighted by Gasteiger charge is -2.41. The van der Waals surface area contributed by atoms with Crippen LogP contribution in [-0.4, -0.2) is 93.1 Å². The fraction of sp³-hybridized carbons (Fsp3) is 0.519. The summed E-state index contributed by atoms with van der Waals surface area (Å²) in [4.78, 5) is 18.8. The fourth-order valence-electron chi connectivity index (χ4n) is 4.84. The van der Waals surface area contributed by atoms with Gasteiger partial charge in [0.25, 0.3) is 0 Å². The van der Waals surface area contributed by atoms with Gasteiger partial charge in [0.15, 0.2) is 0 Å². The molecule has 1 amide bonds. The standard InChI is InChI=1S/C15H23N3O3S.C12H19N3O2S/c1-4-15(19)18-10-9-17(11-12(18)2)13-5-7-14(8-6-13)22(20,21)16-3;1-10-9-15(8-7-14-10)11-3-5-12(6-4-11)18(16,17)13-2/h5-8,12,16H,4,9-11H2,1-3H3;3-6,10,13-14H,7-9H2,1-2H3/t12-;10-/m11/s1. The summed E-state index contributed by atoms with van der Waals surface area (Å²) in [7, 11) is -3.92. The lowest BCUT2D eigenvalue weighted by atomic mass is 10.1. The fourth-order valence-corrected chi connectivity index (χ4v) is 6.30. The van der Waals surface area contributed by atoms with Crippen LogP contribution in [0.15, 0.2) is 58.3 Å². The molecule has 0 spiro atoms. The van der Waals surface area contributed by atoms with Gasteiger partial charge in [-0.15, -0.1) is 0 Å². The topological polar surface area (TPSA) is 131 Å². The largest absolute Gasteiger partial charge is 0.369 e. The molecule has 2 aliphatic heterocycles. The van der Waals surface area contributed by atoms with Gasteiger partial charge in [-0.25, -0.2) is 26.3 Å². The van der Waals surface area contributed by atoms with Gasteiger partial charge in [0, 0.05) is 69.1 Å². The Bertz CT molecular complexity index is 1330. The van der Waals surface area contributed by atoms with E-state index in [9.17, 15) is 21.6 Å². The second-order valence-electron chi connectivity index (χ2n) is 9.94. The van der Waals surface area contributed by atoms with E-state index < -0.39 is 20.0 Å². The number of carbonyl (C=O) groups excluding carboxylic acids is 1. The Kier molecular flexibility index (Phi) is 11.0. The van der Waals surface area contributed by atoms with Crippen LogP contribution in [0.2, 0.25) is 0 Å². The molecule has 222 valence electrons. The van der Waals surface area contributed by atoms with Crippen LogP contribution in [0.1, 0.15) is 27.2 Å². The molecule has 3 N–H and O–H groups in total. The smallest absolute Gasteiger partial charge is 0.240 e. The minimum absolute atomic E-state index is 0.155. The van der Waals surface area contributed by atoms with Crippen LogP contribution in [0.4, 0.5) is 11.4 Å². The molecule has 0 unspecified atom stereocenters. The first-order valence-electron chi connectivity index (χ1n) is 13.5. The third kappa shape index (κ3) is 7.94. The summed E-state index contributed by atoms with van der Waals surface area (Å²) in [6.07, 6.45) is 0.529. The molecule has 2 aromatic rings. The van der Waals surface area contributed by atoms with Crippen molar-refractivity contribution >= 4 is 37.3 Å². The van der Waals surface area contributed by atoms with Gasteiger partial charge in [-0.1, -0.05) is 6.92 Å². The number of carbonyl (C=O) groups is 1. The van der Waals surface area contributed by atoms with Gasteiger partial charge < -0.3 is 20.0 Å².